The van der Waals surface area contributed by atoms with Gasteiger partial charge >= 0.3 is 11.9 Å². The van der Waals surface area contributed by atoms with Crippen molar-refractivity contribution < 1.29 is 29.4 Å². The molecule has 8 heteroatoms. The molecule has 8 nitrogen and oxygen atoms in total. The summed E-state index contributed by atoms with van der Waals surface area (Å²) in [5.74, 6) is -5.86. The number of carboxylic acid groups (broad SMARTS) is 2. The molecule has 1 fully saturated rings. The number of nitrogens with one attached hydrogen (secondary N) is 2. The van der Waals surface area contributed by atoms with Crippen molar-refractivity contribution in [2.75, 3.05) is 10.6 Å². The number of carboxylic acids is 2. The number of carbonyl (C=O) groups excluding carboxylic acids is 2. The van der Waals surface area contributed by atoms with Crippen LogP contribution < -0.4 is 10.6 Å². The van der Waals surface area contributed by atoms with E-state index in [4.69, 9.17) is 12.8 Å². The lowest BCUT2D eigenvalue weighted by atomic mass is 9.52. The second kappa shape index (κ2) is 9.81. The molecule has 4 N–H and O–H groups in total. The average Bonchev–Trinajstić information content (AvgIpc) is 2.88. The number of hydrogen-bond acceptors (Lipinski definition) is 4. The zero-order valence-electron chi connectivity index (χ0n) is 18.9. The number of aliphatic carboxylic acids is 2. The predicted molar refractivity (Wildman–Crippen MR) is 131 cm³/mol. The zero-order valence-corrected chi connectivity index (χ0v) is 18.9. The van der Waals surface area contributed by atoms with Gasteiger partial charge in [-0.25, -0.2) is 0 Å². The minimum absolute atomic E-state index is 0.401. The second-order valence-corrected chi connectivity index (χ2v) is 8.74. The number of benzene rings is 2. The molecular formula is C28H22N2O6. The molecule has 36 heavy (non-hydrogen) atoms. The highest BCUT2D eigenvalue weighted by Crippen LogP contribution is 2.52. The third kappa shape index (κ3) is 4.45. The van der Waals surface area contributed by atoms with E-state index in [1.165, 1.54) is 6.08 Å². The van der Waals surface area contributed by atoms with Crippen LogP contribution in [0.3, 0.4) is 0 Å². The molecule has 0 heterocycles. The fraction of sp³-hybridized carbons (Fsp3) is 0.214. The standard InChI is InChI=1S/C28H22N2O6/c1-3-15-5-9-17(10-6-15)29-25(31)21-19-13-14-20(23(21)27(33)34)24(28(35)36)22(19)26(32)30-18-11-7-16(4-2)8-12-18/h1-2,5-14,19-24H,(H,29,31)(H,30,32)(H,33,34)(H,35,36). The summed E-state index contributed by atoms with van der Waals surface area (Å²) in [7, 11) is 0. The molecule has 0 radical (unpaired) electrons. The van der Waals surface area contributed by atoms with Gasteiger partial charge in [-0.15, -0.1) is 12.8 Å². The molecule has 0 spiro atoms. The highest BCUT2D eigenvalue weighted by molar-refractivity contribution is 6.00. The maximum atomic E-state index is 13.4. The molecule has 2 bridgehead atoms. The van der Waals surface area contributed by atoms with Gasteiger partial charge in [0.05, 0.1) is 23.7 Å². The normalized spacial score (nSPS) is 25.7. The van der Waals surface area contributed by atoms with Crippen LogP contribution in [-0.2, 0) is 19.2 Å². The Labute approximate surface area is 207 Å². The molecule has 3 aliphatic carbocycles. The number of fused-ring (bicyclic) bond motifs is 2. The maximum Gasteiger partial charge on any atom is 0.307 e. The average molecular weight is 482 g/mol. The van der Waals surface area contributed by atoms with E-state index in [1.807, 2.05) is 0 Å². The van der Waals surface area contributed by atoms with Crippen molar-refractivity contribution in [2.45, 2.75) is 0 Å². The van der Waals surface area contributed by atoms with Crippen LogP contribution in [-0.4, -0.2) is 34.0 Å². The largest absolute Gasteiger partial charge is 0.481 e. The summed E-state index contributed by atoms with van der Waals surface area (Å²) in [4.78, 5) is 51.2. The first kappa shape index (κ1) is 24.3. The first-order chi connectivity index (χ1) is 17.2. The lowest BCUT2D eigenvalue weighted by Gasteiger charge is -2.49. The summed E-state index contributed by atoms with van der Waals surface area (Å²) in [5, 5.41) is 25.3. The zero-order chi connectivity index (χ0) is 26.0. The number of carbonyl (C=O) groups is 4. The molecule has 0 aliphatic heterocycles. The summed E-state index contributed by atoms with van der Waals surface area (Å²) in [6.07, 6.45) is 13.8. The molecule has 2 aromatic rings. The van der Waals surface area contributed by atoms with Gasteiger partial charge in [-0.05, 0) is 48.5 Å². The van der Waals surface area contributed by atoms with E-state index in [0.717, 1.165) is 0 Å². The van der Waals surface area contributed by atoms with Gasteiger partial charge in [-0.2, -0.15) is 0 Å². The summed E-state index contributed by atoms with van der Waals surface area (Å²) in [6.45, 7) is 0. The Morgan fingerprint density at radius 1 is 0.611 bits per heavy atom. The van der Waals surface area contributed by atoms with Crippen LogP contribution in [0.1, 0.15) is 11.1 Å². The molecule has 0 aromatic heterocycles. The Bertz CT molecular complexity index is 1230. The van der Waals surface area contributed by atoms with E-state index < -0.39 is 59.3 Å². The van der Waals surface area contributed by atoms with Crippen molar-refractivity contribution in [1.82, 2.24) is 0 Å². The lowest BCUT2D eigenvalue weighted by molar-refractivity contribution is -0.166. The Balaban J connectivity index is 1.66. The number of terminal acetylenes is 2. The van der Waals surface area contributed by atoms with E-state index in [1.54, 1.807) is 54.6 Å². The van der Waals surface area contributed by atoms with E-state index in [-0.39, 0.29) is 0 Å². The van der Waals surface area contributed by atoms with E-state index in [2.05, 4.69) is 22.5 Å². The minimum Gasteiger partial charge on any atom is -0.481 e. The smallest absolute Gasteiger partial charge is 0.307 e. The molecule has 1 saturated carbocycles. The van der Waals surface area contributed by atoms with Gasteiger partial charge < -0.3 is 20.8 Å². The fourth-order valence-electron chi connectivity index (χ4n) is 5.20. The molecule has 2 aromatic carbocycles. The van der Waals surface area contributed by atoms with Crippen LogP contribution in [0.25, 0.3) is 0 Å². The van der Waals surface area contributed by atoms with Crippen molar-refractivity contribution in [3.05, 3.63) is 71.8 Å². The molecule has 4 unspecified atom stereocenters. The van der Waals surface area contributed by atoms with Crippen molar-refractivity contribution in [1.29, 1.82) is 0 Å². The quantitative estimate of drug-likeness (QED) is 0.370. The second-order valence-electron chi connectivity index (χ2n) is 8.74. The monoisotopic (exact) mass is 482 g/mol. The van der Waals surface area contributed by atoms with Gasteiger partial charge in [0.1, 0.15) is 0 Å². The fourth-order valence-corrected chi connectivity index (χ4v) is 5.20. The Morgan fingerprint density at radius 3 is 1.25 bits per heavy atom. The molecule has 2 amide bonds. The van der Waals surface area contributed by atoms with Gasteiger partial charge in [-0.3, -0.25) is 19.2 Å². The lowest BCUT2D eigenvalue weighted by Crippen LogP contribution is -2.59. The van der Waals surface area contributed by atoms with Crippen molar-refractivity contribution in [3.8, 4) is 24.7 Å². The van der Waals surface area contributed by atoms with Crippen molar-refractivity contribution in [2.24, 2.45) is 35.5 Å². The van der Waals surface area contributed by atoms with Crippen LogP contribution in [0, 0.1) is 60.2 Å². The molecule has 180 valence electrons. The van der Waals surface area contributed by atoms with E-state index in [9.17, 15) is 29.4 Å². The number of anilines is 2. The molecular weight excluding hydrogens is 460 g/mol. The molecule has 4 atom stereocenters. The first-order valence-corrected chi connectivity index (χ1v) is 11.1. The van der Waals surface area contributed by atoms with Crippen LogP contribution in [0.2, 0.25) is 0 Å². The number of amides is 2. The molecule has 3 aliphatic rings. The third-order valence-electron chi connectivity index (χ3n) is 6.80. The molecule has 0 saturated heterocycles. The SMILES string of the molecule is C#Cc1ccc(NC(=O)C2C3C=CC(C2C(=O)O)C(C(=O)O)C3C(=O)Nc2ccc(C#C)cc2)cc1. The van der Waals surface area contributed by atoms with Gasteiger partial charge in [-0.1, -0.05) is 24.0 Å². The van der Waals surface area contributed by atoms with Crippen LogP contribution >= 0.6 is 0 Å². The van der Waals surface area contributed by atoms with Crippen molar-refractivity contribution in [3.63, 3.8) is 0 Å². The summed E-state index contributed by atoms with van der Waals surface area (Å²) in [6, 6.07) is 12.8. The molecule has 5 rings (SSSR count). The van der Waals surface area contributed by atoms with E-state index >= 15 is 0 Å². The number of allylic oxidation sites excluding steroid dienone is 2. The van der Waals surface area contributed by atoms with E-state index in [0.29, 0.717) is 22.5 Å². The third-order valence-corrected chi connectivity index (χ3v) is 6.80. The Morgan fingerprint density at radius 2 is 0.944 bits per heavy atom. The Kier molecular flexibility index (Phi) is 6.62. The Hall–Kier alpha value is -4.82. The van der Waals surface area contributed by atoms with Crippen LogP contribution in [0.15, 0.2) is 60.7 Å². The van der Waals surface area contributed by atoms with Crippen LogP contribution in [0.4, 0.5) is 11.4 Å². The van der Waals surface area contributed by atoms with Gasteiger partial charge in [0.2, 0.25) is 11.8 Å². The summed E-state index contributed by atoms with van der Waals surface area (Å²) < 4.78 is 0. The van der Waals surface area contributed by atoms with Gasteiger partial charge in [0.25, 0.3) is 0 Å². The van der Waals surface area contributed by atoms with Gasteiger partial charge in [0.15, 0.2) is 0 Å². The maximum absolute atomic E-state index is 13.4. The summed E-state index contributed by atoms with van der Waals surface area (Å²) in [5.41, 5.74) is 2.01. The number of rotatable bonds is 6. The highest BCUT2D eigenvalue weighted by Gasteiger charge is 2.60. The van der Waals surface area contributed by atoms with Gasteiger partial charge in [0, 0.05) is 34.3 Å². The predicted octanol–water partition coefficient (Wildman–Crippen LogP) is 2.68. The topological polar surface area (TPSA) is 133 Å². The minimum atomic E-state index is -1.31. The van der Waals surface area contributed by atoms with Crippen molar-refractivity contribution >= 4 is 35.1 Å². The van der Waals surface area contributed by atoms with Crippen LogP contribution in [0.5, 0.6) is 0 Å². The first-order valence-electron chi connectivity index (χ1n) is 11.1. The summed E-state index contributed by atoms with van der Waals surface area (Å²) >= 11 is 0. The number of hydrogen-bond donors (Lipinski definition) is 4. The highest BCUT2D eigenvalue weighted by atomic mass is 16.4.